The second-order valence-electron chi connectivity index (χ2n) is 5.42. The summed E-state index contributed by atoms with van der Waals surface area (Å²) in [5, 5.41) is -0.0584. The van der Waals surface area contributed by atoms with Gasteiger partial charge in [-0.15, -0.1) is 11.3 Å². The van der Waals surface area contributed by atoms with Crippen molar-refractivity contribution in [1.82, 2.24) is 4.90 Å². The lowest BCUT2D eigenvalue weighted by molar-refractivity contribution is 0.0731. The number of benzene rings is 1. The molecule has 2 aromatic rings. The van der Waals surface area contributed by atoms with Gasteiger partial charge in [-0.2, -0.15) is 0 Å². The molecule has 0 bridgehead atoms. The monoisotopic (exact) mass is 341 g/mol. The highest BCUT2D eigenvalue weighted by atomic mass is 35.5. The quantitative estimate of drug-likeness (QED) is 0.732. The second kappa shape index (κ2) is 5.97. The lowest BCUT2D eigenvalue weighted by Crippen LogP contribution is -2.32. The molecular formula is C16H14ClF2NOS. The molecule has 0 aliphatic heterocycles. The summed E-state index contributed by atoms with van der Waals surface area (Å²) in [6.45, 7) is 2.47. The highest BCUT2D eigenvalue weighted by Crippen LogP contribution is 2.32. The van der Waals surface area contributed by atoms with Gasteiger partial charge in [0.25, 0.3) is 5.91 Å². The molecule has 0 N–H and O–H groups in total. The van der Waals surface area contributed by atoms with E-state index in [2.05, 4.69) is 0 Å². The number of carbonyl (C=O) groups is 1. The van der Waals surface area contributed by atoms with Crippen molar-refractivity contribution in [3.63, 3.8) is 0 Å². The Balaban J connectivity index is 1.88. The molecule has 22 heavy (non-hydrogen) atoms. The molecule has 0 radical (unpaired) electrons. The van der Waals surface area contributed by atoms with Crippen molar-refractivity contribution in [2.75, 3.05) is 0 Å². The van der Waals surface area contributed by atoms with Crippen molar-refractivity contribution in [2.24, 2.45) is 0 Å². The number of carbonyl (C=O) groups excluding carboxylic acids is 1. The second-order valence-corrected chi connectivity index (χ2v) is 7.20. The molecular weight excluding hydrogens is 328 g/mol. The van der Waals surface area contributed by atoms with Gasteiger partial charge in [-0.05, 0) is 44.0 Å². The predicted octanol–water partition coefficient (Wildman–Crippen LogP) is 4.79. The number of thiophene rings is 1. The van der Waals surface area contributed by atoms with Gasteiger partial charge in [0.1, 0.15) is 0 Å². The van der Waals surface area contributed by atoms with Gasteiger partial charge in [0.15, 0.2) is 11.6 Å². The topological polar surface area (TPSA) is 20.3 Å². The first kappa shape index (κ1) is 15.4. The Morgan fingerprint density at radius 3 is 2.59 bits per heavy atom. The molecule has 0 atom stereocenters. The number of hydrogen-bond acceptors (Lipinski definition) is 2. The van der Waals surface area contributed by atoms with Crippen LogP contribution < -0.4 is 0 Å². The van der Waals surface area contributed by atoms with Crippen LogP contribution in [0.1, 0.15) is 33.0 Å². The van der Waals surface area contributed by atoms with E-state index < -0.39 is 11.6 Å². The first-order chi connectivity index (χ1) is 10.5. The Bertz CT molecular complexity index is 727. The Kier molecular flexibility index (Phi) is 4.19. The number of halogens is 3. The van der Waals surface area contributed by atoms with Crippen LogP contribution in [0.4, 0.5) is 8.78 Å². The number of nitrogens with zero attached hydrogens (tertiary/aromatic N) is 1. The van der Waals surface area contributed by atoms with Crippen LogP contribution in [0.5, 0.6) is 0 Å². The van der Waals surface area contributed by atoms with Crippen LogP contribution in [0, 0.1) is 18.6 Å². The summed E-state index contributed by atoms with van der Waals surface area (Å²) in [5.41, 5.74) is 0.0146. The summed E-state index contributed by atoms with van der Waals surface area (Å²) >= 11 is 7.54. The normalized spacial score (nSPS) is 14.2. The van der Waals surface area contributed by atoms with Gasteiger partial charge < -0.3 is 4.90 Å². The van der Waals surface area contributed by atoms with Gasteiger partial charge in [-0.25, -0.2) is 8.78 Å². The molecule has 1 fully saturated rings. The molecule has 1 heterocycles. The fourth-order valence-corrected chi connectivity index (χ4v) is 3.45. The number of aryl methyl sites for hydroxylation is 1. The summed E-state index contributed by atoms with van der Waals surface area (Å²) in [6.07, 6.45) is 1.86. The number of hydrogen-bond donors (Lipinski definition) is 0. The number of amides is 1. The average Bonchev–Trinajstić information content (AvgIpc) is 3.22. The highest BCUT2D eigenvalue weighted by Gasteiger charge is 2.34. The van der Waals surface area contributed by atoms with Gasteiger partial charge in [-0.1, -0.05) is 11.6 Å². The van der Waals surface area contributed by atoms with E-state index in [9.17, 15) is 13.6 Å². The minimum absolute atomic E-state index is 0.0146. The summed E-state index contributed by atoms with van der Waals surface area (Å²) < 4.78 is 26.6. The molecule has 1 aromatic heterocycles. The molecule has 116 valence electrons. The zero-order valence-electron chi connectivity index (χ0n) is 11.9. The van der Waals surface area contributed by atoms with Crippen LogP contribution in [0.25, 0.3) is 0 Å². The third-order valence-electron chi connectivity index (χ3n) is 3.61. The van der Waals surface area contributed by atoms with E-state index in [1.165, 1.54) is 4.88 Å². The van der Waals surface area contributed by atoms with E-state index in [1.807, 2.05) is 19.1 Å². The fourth-order valence-electron chi connectivity index (χ4n) is 2.33. The largest absolute Gasteiger partial charge is 0.330 e. The zero-order chi connectivity index (χ0) is 15.9. The summed E-state index contributed by atoms with van der Waals surface area (Å²) in [7, 11) is 0. The van der Waals surface area contributed by atoms with Crippen molar-refractivity contribution >= 4 is 28.8 Å². The molecule has 1 saturated carbocycles. The van der Waals surface area contributed by atoms with Crippen molar-refractivity contribution in [2.45, 2.75) is 32.4 Å². The minimum Gasteiger partial charge on any atom is -0.330 e. The molecule has 0 saturated heterocycles. The van der Waals surface area contributed by atoms with Crippen molar-refractivity contribution in [1.29, 1.82) is 0 Å². The SMILES string of the molecule is Cc1ccc(CN(C(=O)c2cc(F)c(F)cc2Cl)C2CC2)s1. The van der Waals surface area contributed by atoms with Gasteiger partial charge in [0.05, 0.1) is 17.1 Å². The van der Waals surface area contributed by atoms with Gasteiger partial charge in [0.2, 0.25) is 0 Å². The average molecular weight is 342 g/mol. The molecule has 0 spiro atoms. The zero-order valence-corrected chi connectivity index (χ0v) is 13.5. The molecule has 6 heteroatoms. The van der Waals surface area contributed by atoms with Crippen LogP contribution in [0.15, 0.2) is 24.3 Å². The molecule has 1 amide bonds. The van der Waals surface area contributed by atoms with Crippen LogP contribution >= 0.6 is 22.9 Å². The van der Waals surface area contributed by atoms with Crippen LogP contribution in [-0.2, 0) is 6.54 Å². The third kappa shape index (κ3) is 3.15. The van der Waals surface area contributed by atoms with E-state index >= 15 is 0 Å². The van der Waals surface area contributed by atoms with E-state index in [1.54, 1.807) is 16.2 Å². The number of rotatable bonds is 4. The summed E-state index contributed by atoms with van der Waals surface area (Å²) in [5.74, 6) is -2.46. The van der Waals surface area contributed by atoms with Crippen molar-refractivity contribution < 1.29 is 13.6 Å². The molecule has 0 unspecified atom stereocenters. The maximum atomic E-state index is 13.4. The maximum absolute atomic E-state index is 13.4. The third-order valence-corrected chi connectivity index (χ3v) is 4.91. The minimum atomic E-state index is -1.06. The van der Waals surface area contributed by atoms with Crippen LogP contribution in [0.3, 0.4) is 0 Å². The van der Waals surface area contributed by atoms with E-state index in [4.69, 9.17) is 11.6 Å². The van der Waals surface area contributed by atoms with E-state index in [0.717, 1.165) is 29.9 Å². The van der Waals surface area contributed by atoms with Crippen LogP contribution in [-0.4, -0.2) is 16.8 Å². The molecule has 1 aromatic carbocycles. The maximum Gasteiger partial charge on any atom is 0.256 e. The first-order valence-corrected chi connectivity index (χ1v) is 8.16. The lowest BCUT2D eigenvalue weighted by Gasteiger charge is -2.22. The molecule has 2 nitrogen and oxygen atoms in total. The van der Waals surface area contributed by atoms with Crippen molar-refractivity contribution in [3.05, 3.63) is 56.2 Å². The van der Waals surface area contributed by atoms with E-state index in [-0.39, 0.29) is 22.5 Å². The smallest absolute Gasteiger partial charge is 0.256 e. The summed E-state index contributed by atoms with van der Waals surface area (Å²) in [4.78, 5) is 16.6. The van der Waals surface area contributed by atoms with Crippen molar-refractivity contribution in [3.8, 4) is 0 Å². The van der Waals surface area contributed by atoms with Gasteiger partial charge >= 0.3 is 0 Å². The highest BCUT2D eigenvalue weighted by molar-refractivity contribution is 7.11. The lowest BCUT2D eigenvalue weighted by atomic mass is 10.1. The summed E-state index contributed by atoms with van der Waals surface area (Å²) in [6, 6.07) is 5.87. The molecule has 1 aliphatic carbocycles. The first-order valence-electron chi connectivity index (χ1n) is 6.96. The predicted molar refractivity (Wildman–Crippen MR) is 83.3 cm³/mol. The Labute approximate surface area is 136 Å². The Hall–Kier alpha value is -1.46. The molecule has 3 rings (SSSR count). The van der Waals surface area contributed by atoms with Gasteiger partial charge in [0, 0.05) is 15.8 Å². The standard InChI is InChI=1S/C16H14ClF2NOS/c1-9-2-5-11(22-9)8-20(10-3-4-10)16(21)12-6-14(18)15(19)7-13(12)17/h2,5-7,10H,3-4,8H2,1H3. The fraction of sp³-hybridized carbons (Fsp3) is 0.312. The van der Waals surface area contributed by atoms with E-state index in [0.29, 0.717) is 6.54 Å². The van der Waals surface area contributed by atoms with Gasteiger partial charge in [-0.3, -0.25) is 4.79 Å². The Morgan fingerprint density at radius 2 is 2.00 bits per heavy atom. The molecule has 1 aliphatic rings. The Morgan fingerprint density at radius 1 is 1.32 bits per heavy atom. The van der Waals surface area contributed by atoms with Crippen LogP contribution in [0.2, 0.25) is 5.02 Å².